The average molecular weight is 441 g/mol. The number of para-hydroxylation sites is 1. The van der Waals surface area contributed by atoms with E-state index >= 15 is 0 Å². The molecule has 0 radical (unpaired) electrons. The molecule has 154 valence electrons. The van der Waals surface area contributed by atoms with Crippen molar-refractivity contribution in [2.45, 2.75) is 12.1 Å². The molecule has 0 amide bonds. The summed E-state index contributed by atoms with van der Waals surface area (Å²) in [6, 6.07) is 15.9. The van der Waals surface area contributed by atoms with E-state index < -0.39 is 0 Å². The van der Waals surface area contributed by atoms with Crippen LogP contribution in [0.25, 0.3) is 27.0 Å². The highest BCUT2D eigenvalue weighted by molar-refractivity contribution is 7.99. The summed E-state index contributed by atoms with van der Waals surface area (Å²) in [5.41, 5.74) is 2.38. The Bertz CT molecular complexity index is 1230. The van der Waals surface area contributed by atoms with Crippen LogP contribution in [0.2, 0.25) is 0 Å². The first kappa shape index (κ1) is 20.8. The quantitative estimate of drug-likeness (QED) is 0.366. The van der Waals surface area contributed by atoms with E-state index in [1.807, 2.05) is 37.3 Å². The zero-order chi connectivity index (χ0) is 21.3. The number of fused-ring (bicyclic) bond motifs is 1. The lowest BCUT2D eigenvalue weighted by atomic mass is 10.0. The summed E-state index contributed by atoms with van der Waals surface area (Å²) in [5, 5.41) is 1.29. The van der Waals surface area contributed by atoms with Gasteiger partial charge in [0.15, 0.2) is 5.16 Å². The van der Waals surface area contributed by atoms with Crippen molar-refractivity contribution in [3.8, 4) is 16.8 Å². The van der Waals surface area contributed by atoms with Gasteiger partial charge in [0.05, 0.1) is 37.5 Å². The Morgan fingerprint density at radius 3 is 2.47 bits per heavy atom. The molecule has 0 saturated carbocycles. The summed E-state index contributed by atoms with van der Waals surface area (Å²) in [7, 11) is 4.22. The van der Waals surface area contributed by atoms with Gasteiger partial charge in [0.25, 0.3) is 5.56 Å². The van der Waals surface area contributed by atoms with Crippen LogP contribution in [0.1, 0.15) is 4.88 Å². The van der Waals surface area contributed by atoms with Gasteiger partial charge in [-0.3, -0.25) is 9.36 Å². The van der Waals surface area contributed by atoms with Crippen LogP contribution >= 0.6 is 23.1 Å². The van der Waals surface area contributed by atoms with Crippen molar-refractivity contribution in [3.63, 3.8) is 0 Å². The van der Waals surface area contributed by atoms with Crippen molar-refractivity contribution < 1.29 is 9.29 Å². The van der Waals surface area contributed by atoms with Crippen molar-refractivity contribution in [2.75, 3.05) is 26.4 Å². The molecule has 0 saturated heterocycles. The number of hydrogen-bond acceptors (Lipinski definition) is 4. The molecule has 0 bridgehead atoms. The minimum absolute atomic E-state index is 0.0884. The SMILES string of the molecule is Cc1sc2nc(SCC[NH+](C)C)n(-c3ccccc3)c(=O)c2c1-c1ccc(F)cc1. The molecule has 30 heavy (non-hydrogen) atoms. The topological polar surface area (TPSA) is 39.3 Å². The molecule has 0 aliphatic heterocycles. The van der Waals surface area contributed by atoms with E-state index in [1.54, 1.807) is 28.5 Å². The highest BCUT2D eigenvalue weighted by atomic mass is 32.2. The predicted octanol–water partition coefficient (Wildman–Crippen LogP) is 3.80. The van der Waals surface area contributed by atoms with Gasteiger partial charge >= 0.3 is 0 Å². The third kappa shape index (κ3) is 4.05. The van der Waals surface area contributed by atoms with Crippen LogP contribution in [0, 0.1) is 12.7 Å². The molecule has 2 heterocycles. The summed E-state index contributed by atoms with van der Waals surface area (Å²) in [4.78, 5) is 21.7. The van der Waals surface area contributed by atoms with Gasteiger partial charge in [0, 0.05) is 10.4 Å². The molecular formula is C23H23FN3OS2+. The fourth-order valence-corrected chi connectivity index (χ4v) is 5.61. The highest BCUT2D eigenvalue weighted by Gasteiger charge is 2.21. The molecular weight excluding hydrogens is 417 g/mol. The summed E-state index contributed by atoms with van der Waals surface area (Å²) in [6.07, 6.45) is 0. The van der Waals surface area contributed by atoms with Crippen molar-refractivity contribution in [1.29, 1.82) is 0 Å². The van der Waals surface area contributed by atoms with Crippen molar-refractivity contribution in [1.82, 2.24) is 9.55 Å². The Kier molecular flexibility index (Phi) is 6.04. The third-order valence-corrected chi connectivity index (χ3v) is 6.79. The number of nitrogens with zero attached hydrogens (tertiary/aromatic N) is 2. The number of nitrogens with one attached hydrogen (secondary N) is 1. The molecule has 2 aromatic heterocycles. The van der Waals surface area contributed by atoms with Gasteiger partial charge in [-0.25, -0.2) is 9.37 Å². The molecule has 0 spiro atoms. The van der Waals surface area contributed by atoms with Crippen LogP contribution in [0.4, 0.5) is 4.39 Å². The zero-order valence-corrected chi connectivity index (χ0v) is 18.7. The van der Waals surface area contributed by atoms with E-state index in [-0.39, 0.29) is 11.4 Å². The van der Waals surface area contributed by atoms with Crippen molar-refractivity contribution >= 4 is 33.3 Å². The first-order valence-electron chi connectivity index (χ1n) is 9.75. The largest absolute Gasteiger partial charge is 0.339 e. The van der Waals surface area contributed by atoms with E-state index in [2.05, 4.69) is 14.1 Å². The van der Waals surface area contributed by atoms with Gasteiger partial charge in [-0.05, 0) is 36.8 Å². The van der Waals surface area contributed by atoms with E-state index in [1.165, 1.54) is 28.4 Å². The Labute approximate surface area is 183 Å². The number of rotatable bonds is 6. The number of aromatic nitrogens is 2. The molecule has 2 aromatic carbocycles. The second-order valence-electron chi connectivity index (χ2n) is 7.40. The second kappa shape index (κ2) is 8.71. The monoisotopic (exact) mass is 440 g/mol. The minimum atomic E-state index is -0.294. The third-order valence-electron chi connectivity index (χ3n) is 4.85. The number of hydrogen-bond donors (Lipinski definition) is 1. The van der Waals surface area contributed by atoms with E-state index in [4.69, 9.17) is 4.98 Å². The van der Waals surface area contributed by atoms with Gasteiger partial charge in [0.2, 0.25) is 0 Å². The number of thioether (sulfide) groups is 1. The fourth-order valence-electron chi connectivity index (χ4n) is 3.35. The molecule has 7 heteroatoms. The Morgan fingerprint density at radius 2 is 1.80 bits per heavy atom. The summed E-state index contributed by atoms with van der Waals surface area (Å²) in [5.74, 6) is 0.569. The standard InChI is InChI=1S/C23H22FN3OS2/c1-15-19(16-9-11-17(24)12-10-16)20-21(30-15)25-23(29-14-13-26(2)3)27(22(20)28)18-7-5-4-6-8-18/h4-12H,13-14H2,1-3H3/p+1. The molecule has 0 unspecified atom stereocenters. The molecule has 4 nitrogen and oxygen atoms in total. The maximum absolute atomic E-state index is 13.8. The summed E-state index contributed by atoms with van der Waals surface area (Å²) in [6.45, 7) is 2.96. The molecule has 0 fully saturated rings. The van der Waals surface area contributed by atoms with Crippen LogP contribution < -0.4 is 10.5 Å². The maximum Gasteiger partial charge on any atom is 0.268 e. The van der Waals surface area contributed by atoms with E-state index in [0.717, 1.165) is 38.8 Å². The fraction of sp³-hybridized carbons (Fsp3) is 0.217. The summed E-state index contributed by atoms with van der Waals surface area (Å²) < 4.78 is 15.2. The molecule has 4 aromatic rings. The van der Waals surface area contributed by atoms with E-state index in [9.17, 15) is 9.18 Å². The molecule has 0 aliphatic rings. The lowest BCUT2D eigenvalue weighted by Crippen LogP contribution is -3.06. The number of thiophene rings is 1. The number of quaternary nitrogens is 1. The van der Waals surface area contributed by atoms with Crippen LogP contribution in [0.3, 0.4) is 0 Å². The Morgan fingerprint density at radius 1 is 1.10 bits per heavy atom. The van der Waals surface area contributed by atoms with Gasteiger partial charge in [-0.1, -0.05) is 42.1 Å². The van der Waals surface area contributed by atoms with Gasteiger partial charge in [0.1, 0.15) is 10.6 Å². The van der Waals surface area contributed by atoms with Crippen LogP contribution in [0.5, 0.6) is 0 Å². The highest BCUT2D eigenvalue weighted by Crippen LogP contribution is 2.37. The van der Waals surface area contributed by atoms with Crippen molar-refractivity contribution in [2.24, 2.45) is 0 Å². The molecule has 4 rings (SSSR count). The zero-order valence-electron chi connectivity index (χ0n) is 17.1. The number of halogens is 1. The van der Waals surface area contributed by atoms with Gasteiger partial charge < -0.3 is 4.90 Å². The van der Waals surface area contributed by atoms with Crippen LogP contribution in [-0.2, 0) is 0 Å². The lowest BCUT2D eigenvalue weighted by Gasteiger charge is -2.13. The first-order chi connectivity index (χ1) is 14.5. The normalized spacial score (nSPS) is 11.5. The van der Waals surface area contributed by atoms with Crippen molar-refractivity contribution in [3.05, 3.63) is 75.6 Å². The maximum atomic E-state index is 13.8. The van der Waals surface area contributed by atoms with Crippen LogP contribution in [0.15, 0.2) is 64.5 Å². The number of benzene rings is 2. The first-order valence-corrected chi connectivity index (χ1v) is 11.5. The Balaban J connectivity index is 1.95. The average Bonchev–Trinajstić information content (AvgIpc) is 3.05. The molecule has 1 N–H and O–H groups in total. The molecule has 0 aliphatic carbocycles. The smallest absolute Gasteiger partial charge is 0.268 e. The van der Waals surface area contributed by atoms with Gasteiger partial charge in [-0.2, -0.15) is 0 Å². The van der Waals surface area contributed by atoms with E-state index in [0.29, 0.717) is 10.5 Å². The summed E-state index contributed by atoms with van der Waals surface area (Å²) >= 11 is 3.11. The minimum Gasteiger partial charge on any atom is -0.339 e. The number of aryl methyl sites for hydroxylation is 1. The Hall–Kier alpha value is -2.48. The molecule has 0 atom stereocenters. The lowest BCUT2D eigenvalue weighted by molar-refractivity contribution is -0.855. The second-order valence-corrected chi connectivity index (χ2v) is 9.66. The predicted molar refractivity (Wildman–Crippen MR) is 124 cm³/mol. The van der Waals surface area contributed by atoms with Crippen LogP contribution in [-0.4, -0.2) is 35.9 Å². The van der Waals surface area contributed by atoms with Gasteiger partial charge in [-0.15, -0.1) is 11.3 Å².